The van der Waals surface area contributed by atoms with Crippen LogP contribution < -0.4 is 14.4 Å². The number of carbonyl (C=O) groups is 2. The van der Waals surface area contributed by atoms with Crippen molar-refractivity contribution in [3.05, 3.63) is 78.4 Å². The molecule has 4 rings (SSSR count). The number of nitriles is 1. The summed E-state index contributed by atoms with van der Waals surface area (Å²) >= 11 is 0. The summed E-state index contributed by atoms with van der Waals surface area (Å²) in [5.41, 5.74) is 3.16. The van der Waals surface area contributed by atoms with Crippen LogP contribution in [-0.4, -0.2) is 25.5 Å². The van der Waals surface area contributed by atoms with Gasteiger partial charge in [0.2, 0.25) is 5.91 Å². The Hall–Kier alpha value is -4.11. The van der Waals surface area contributed by atoms with Crippen LogP contribution in [-0.2, 0) is 9.59 Å². The molecule has 3 aromatic carbocycles. The number of hydrogen-bond acceptors (Lipinski definition) is 5. The predicted molar refractivity (Wildman–Crippen MR) is 116 cm³/mol. The second-order valence-electron chi connectivity index (χ2n) is 7.21. The fourth-order valence-corrected chi connectivity index (χ4v) is 3.60. The highest BCUT2D eigenvalue weighted by Gasteiger charge is 2.37. The summed E-state index contributed by atoms with van der Waals surface area (Å²) in [6.07, 6.45) is 0.0974. The standard InChI is InChI=1S/C25H20N2O4/c1-30-23-5-3-2-4-22(23)27-16-20(14-24(27)28)25(29)31-21-12-10-19(11-13-21)18-8-6-17(15-26)7-9-18/h2-13,20H,14,16H2,1H3/t20-/m1/s1. The monoisotopic (exact) mass is 412 g/mol. The van der Waals surface area contributed by atoms with E-state index >= 15 is 0 Å². The normalized spacial score (nSPS) is 15.4. The number of anilines is 1. The van der Waals surface area contributed by atoms with Crippen LogP contribution in [0.2, 0.25) is 0 Å². The minimum Gasteiger partial charge on any atom is -0.495 e. The van der Waals surface area contributed by atoms with Gasteiger partial charge >= 0.3 is 5.97 Å². The van der Waals surface area contributed by atoms with Crippen LogP contribution in [0.1, 0.15) is 12.0 Å². The Balaban J connectivity index is 1.42. The lowest BCUT2D eigenvalue weighted by Gasteiger charge is -2.19. The van der Waals surface area contributed by atoms with Crippen LogP contribution >= 0.6 is 0 Å². The SMILES string of the molecule is COc1ccccc1N1C[C@H](C(=O)Oc2ccc(-c3ccc(C#N)cc3)cc2)CC1=O. The van der Waals surface area contributed by atoms with Crippen molar-refractivity contribution < 1.29 is 19.1 Å². The van der Waals surface area contributed by atoms with Crippen LogP contribution in [0.3, 0.4) is 0 Å². The van der Waals surface area contributed by atoms with Crippen molar-refractivity contribution in [3.8, 4) is 28.7 Å². The molecule has 1 fully saturated rings. The number of esters is 1. The fourth-order valence-electron chi connectivity index (χ4n) is 3.60. The second kappa shape index (κ2) is 8.72. The summed E-state index contributed by atoms with van der Waals surface area (Å²) in [4.78, 5) is 26.7. The number of rotatable bonds is 5. The lowest BCUT2D eigenvalue weighted by Crippen LogP contribution is -2.27. The molecule has 1 atom stereocenters. The van der Waals surface area contributed by atoms with Gasteiger partial charge in [-0.2, -0.15) is 5.26 Å². The van der Waals surface area contributed by atoms with E-state index in [1.165, 1.54) is 0 Å². The first-order chi connectivity index (χ1) is 15.1. The van der Waals surface area contributed by atoms with Crippen LogP contribution in [0.15, 0.2) is 72.8 Å². The Labute approximate surface area is 180 Å². The van der Waals surface area contributed by atoms with Gasteiger partial charge in [0.25, 0.3) is 0 Å². The van der Waals surface area contributed by atoms with E-state index in [1.54, 1.807) is 48.4 Å². The molecule has 0 aliphatic carbocycles. The topological polar surface area (TPSA) is 79.6 Å². The Morgan fingerprint density at radius 3 is 2.29 bits per heavy atom. The van der Waals surface area contributed by atoms with E-state index in [0.717, 1.165) is 11.1 Å². The Morgan fingerprint density at radius 2 is 1.65 bits per heavy atom. The first-order valence-electron chi connectivity index (χ1n) is 9.84. The van der Waals surface area contributed by atoms with Crippen molar-refractivity contribution in [2.24, 2.45) is 5.92 Å². The van der Waals surface area contributed by atoms with Gasteiger partial charge in [-0.15, -0.1) is 0 Å². The van der Waals surface area contributed by atoms with Crippen molar-refractivity contribution in [1.82, 2.24) is 0 Å². The third-order valence-electron chi connectivity index (χ3n) is 5.25. The maximum atomic E-state index is 12.7. The van der Waals surface area contributed by atoms with E-state index in [1.807, 2.05) is 36.4 Å². The summed E-state index contributed by atoms with van der Waals surface area (Å²) in [6, 6.07) is 23.7. The zero-order chi connectivity index (χ0) is 21.8. The third kappa shape index (κ3) is 4.26. The average Bonchev–Trinajstić information content (AvgIpc) is 3.21. The third-order valence-corrected chi connectivity index (χ3v) is 5.25. The number of benzene rings is 3. The lowest BCUT2D eigenvalue weighted by molar-refractivity contribution is -0.139. The molecule has 0 N–H and O–H groups in total. The van der Waals surface area contributed by atoms with Crippen LogP contribution in [0.5, 0.6) is 11.5 Å². The van der Waals surface area contributed by atoms with Crippen LogP contribution in [0.4, 0.5) is 5.69 Å². The first-order valence-corrected chi connectivity index (χ1v) is 9.84. The van der Waals surface area contributed by atoms with Gasteiger partial charge < -0.3 is 14.4 Å². The molecule has 3 aromatic rings. The Bertz CT molecular complexity index is 1150. The average molecular weight is 412 g/mol. The number of nitrogens with zero attached hydrogens (tertiary/aromatic N) is 2. The van der Waals surface area contributed by atoms with E-state index in [-0.39, 0.29) is 18.9 Å². The van der Waals surface area contributed by atoms with E-state index in [4.69, 9.17) is 14.7 Å². The van der Waals surface area contributed by atoms with Crippen molar-refractivity contribution in [2.45, 2.75) is 6.42 Å². The number of hydrogen-bond donors (Lipinski definition) is 0. The van der Waals surface area contributed by atoms with Crippen LogP contribution in [0, 0.1) is 17.2 Å². The molecule has 0 radical (unpaired) electrons. The molecule has 154 valence electrons. The van der Waals surface area contributed by atoms with E-state index < -0.39 is 11.9 Å². The molecule has 0 saturated carbocycles. The Morgan fingerprint density at radius 1 is 1.00 bits per heavy atom. The zero-order valence-electron chi connectivity index (χ0n) is 16.9. The summed E-state index contributed by atoms with van der Waals surface area (Å²) in [7, 11) is 1.55. The van der Waals surface area contributed by atoms with Crippen molar-refractivity contribution >= 4 is 17.6 Å². The van der Waals surface area contributed by atoms with Crippen LogP contribution in [0.25, 0.3) is 11.1 Å². The number of amides is 1. The van der Waals surface area contributed by atoms with Crippen molar-refractivity contribution in [2.75, 3.05) is 18.6 Å². The highest BCUT2D eigenvalue weighted by molar-refractivity contribution is 6.00. The van der Waals surface area contributed by atoms with Gasteiger partial charge in [0.1, 0.15) is 11.5 Å². The highest BCUT2D eigenvalue weighted by Crippen LogP contribution is 2.33. The molecule has 0 spiro atoms. The molecule has 0 aromatic heterocycles. The lowest BCUT2D eigenvalue weighted by atomic mass is 10.0. The minimum absolute atomic E-state index is 0.0974. The maximum Gasteiger partial charge on any atom is 0.316 e. The second-order valence-corrected chi connectivity index (χ2v) is 7.21. The molecule has 1 saturated heterocycles. The minimum atomic E-state index is -0.546. The zero-order valence-corrected chi connectivity index (χ0v) is 16.9. The van der Waals surface area contributed by atoms with E-state index in [0.29, 0.717) is 22.7 Å². The highest BCUT2D eigenvalue weighted by atomic mass is 16.5. The van der Waals surface area contributed by atoms with Gasteiger partial charge in [-0.3, -0.25) is 9.59 Å². The molecule has 6 heteroatoms. The summed E-state index contributed by atoms with van der Waals surface area (Å²) in [5, 5.41) is 8.90. The molecule has 6 nitrogen and oxygen atoms in total. The molecule has 1 amide bonds. The number of para-hydroxylation sites is 2. The van der Waals surface area contributed by atoms with Gasteiger partial charge in [-0.25, -0.2) is 0 Å². The molecule has 1 aliphatic heterocycles. The number of carbonyl (C=O) groups excluding carboxylic acids is 2. The van der Waals surface area contributed by atoms with Gasteiger partial charge in [0.15, 0.2) is 0 Å². The van der Waals surface area contributed by atoms with E-state index in [2.05, 4.69) is 6.07 Å². The fraction of sp³-hybridized carbons (Fsp3) is 0.160. The molecular formula is C25H20N2O4. The van der Waals surface area contributed by atoms with E-state index in [9.17, 15) is 9.59 Å². The Kier molecular flexibility index (Phi) is 5.67. The predicted octanol–water partition coefficient (Wildman–Crippen LogP) is 4.19. The molecule has 1 heterocycles. The number of ether oxygens (including phenoxy) is 2. The van der Waals surface area contributed by atoms with Gasteiger partial charge in [-0.05, 0) is 47.5 Å². The maximum absolute atomic E-state index is 12.7. The summed E-state index contributed by atoms with van der Waals surface area (Å²) in [5.74, 6) is -0.107. The van der Waals surface area contributed by atoms with Gasteiger partial charge in [-0.1, -0.05) is 36.4 Å². The smallest absolute Gasteiger partial charge is 0.316 e. The largest absolute Gasteiger partial charge is 0.495 e. The molecular weight excluding hydrogens is 392 g/mol. The molecule has 1 aliphatic rings. The molecule has 31 heavy (non-hydrogen) atoms. The first kappa shape index (κ1) is 20.2. The van der Waals surface area contributed by atoms with Crippen molar-refractivity contribution in [3.63, 3.8) is 0 Å². The number of methoxy groups -OCH3 is 1. The summed E-state index contributed by atoms with van der Waals surface area (Å²) in [6.45, 7) is 0.251. The molecule has 0 bridgehead atoms. The molecule has 0 unspecified atom stereocenters. The van der Waals surface area contributed by atoms with Gasteiger partial charge in [0, 0.05) is 13.0 Å². The summed E-state index contributed by atoms with van der Waals surface area (Å²) < 4.78 is 10.9. The van der Waals surface area contributed by atoms with Gasteiger partial charge in [0.05, 0.1) is 30.3 Å². The van der Waals surface area contributed by atoms with Crippen molar-refractivity contribution in [1.29, 1.82) is 5.26 Å². The quantitative estimate of drug-likeness (QED) is 0.464.